The third-order valence-corrected chi connectivity index (χ3v) is 2.79. The summed E-state index contributed by atoms with van der Waals surface area (Å²) >= 11 is 0. The van der Waals surface area contributed by atoms with Crippen LogP contribution in [0, 0.1) is 13.8 Å². The predicted octanol–water partition coefficient (Wildman–Crippen LogP) is 4.35. The van der Waals surface area contributed by atoms with Crippen LogP contribution in [-0.2, 0) is 6.42 Å². The fourth-order valence-corrected chi connectivity index (χ4v) is 1.73. The number of benzene rings is 2. The van der Waals surface area contributed by atoms with Crippen LogP contribution in [0.3, 0.4) is 0 Å². The van der Waals surface area contributed by atoms with Gasteiger partial charge in [-0.3, -0.25) is 0 Å². The first-order valence-corrected chi connectivity index (χ1v) is 6.57. The molecule has 0 aromatic heterocycles. The molecule has 2 rings (SSSR count). The molecule has 0 fully saturated rings. The summed E-state index contributed by atoms with van der Waals surface area (Å²) in [5, 5.41) is 18.1. The summed E-state index contributed by atoms with van der Waals surface area (Å²) in [4.78, 5) is 0. The molecule has 0 aliphatic carbocycles. The topological polar surface area (TPSA) is 40.5 Å². The lowest BCUT2D eigenvalue weighted by molar-refractivity contribution is 0.467. The standard InChI is InChI=1S/C10H14O.C7H8O/c1-3-4-9-7-8(2)5-6-10(9)11;1-6-2-4-7(8)5-3-6/h5-7,11H,3-4H2,1-2H3;2-5,8H,1H3. The lowest BCUT2D eigenvalue weighted by atomic mass is 10.1. The van der Waals surface area contributed by atoms with Crippen LogP contribution in [0.2, 0.25) is 0 Å². The quantitative estimate of drug-likeness (QED) is 0.840. The molecule has 0 radical (unpaired) electrons. The number of phenolic OH excluding ortho intramolecular Hbond substituents is 2. The summed E-state index contributed by atoms with van der Waals surface area (Å²) in [5.74, 6) is 0.757. The summed E-state index contributed by atoms with van der Waals surface area (Å²) in [5.41, 5.74) is 3.45. The highest BCUT2D eigenvalue weighted by molar-refractivity contribution is 5.35. The third kappa shape index (κ3) is 5.47. The molecular weight excluding hydrogens is 236 g/mol. The molecule has 2 aromatic carbocycles. The first-order valence-electron chi connectivity index (χ1n) is 6.57. The molecule has 0 aliphatic rings. The largest absolute Gasteiger partial charge is 0.508 e. The summed E-state index contributed by atoms with van der Waals surface area (Å²) in [7, 11) is 0. The predicted molar refractivity (Wildman–Crippen MR) is 79.7 cm³/mol. The van der Waals surface area contributed by atoms with E-state index in [0.29, 0.717) is 11.5 Å². The summed E-state index contributed by atoms with van der Waals surface area (Å²) in [6, 6.07) is 12.8. The molecule has 0 saturated carbocycles. The lowest BCUT2D eigenvalue weighted by Gasteiger charge is -2.02. The molecule has 0 aliphatic heterocycles. The number of aromatic hydroxyl groups is 2. The average molecular weight is 258 g/mol. The number of hydrogen-bond donors (Lipinski definition) is 2. The van der Waals surface area contributed by atoms with Gasteiger partial charge in [0.2, 0.25) is 0 Å². The molecular formula is C17H22O2. The van der Waals surface area contributed by atoms with E-state index in [0.717, 1.165) is 18.4 Å². The summed E-state index contributed by atoms with van der Waals surface area (Å²) in [6.45, 7) is 6.14. The van der Waals surface area contributed by atoms with Crippen molar-refractivity contribution in [2.45, 2.75) is 33.6 Å². The first-order chi connectivity index (χ1) is 9.02. The second-order valence-corrected chi connectivity index (χ2v) is 4.72. The van der Waals surface area contributed by atoms with Crippen LogP contribution in [0.1, 0.15) is 30.0 Å². The van der Waals surface area contributed by atoms with Gasteiger partial charge < -0.3 is 10.2 Å². The maximum Gasteiger partial charge on any atom is 0.118 e. The first kappa shape index (κ1) is 15.1. The molecule has 2 N–H and O–H groups in total. The smallest absolute Gasteiger partial charge is 0.118 e. The molecule has 0 atom stereocenters. The normalized spacial score (nSPS) is 9.63. The molecule has 0 amide bonds. The zero-order chi connectivity index (χ0) is 14.3. The van der Waals surface area contributed by atoms with E-state index in [4.69, 9.17) is 5.11 Å². The van der Waals surface area contributed by atoms with Gasteiger partial charge in [-0.1, -0.05) is 48.7 Å². The number of hydrogen-bond acceptors (Lipinski definition) is 2. The van der Waals surface area contributed by atoms with Gasteiger partial charge in [-0.15, -0.1) is 0 Å². The zero-order valence-corrected chi connectivity index (χ0v) is 11.9. The molecule has 0 saturated heterocycles. The number of phenols is 2. The van der Waals surface area contributed by atoms with Gasteiger partial charge in [-0.05, 0) is 44.0 Å². The van der Waals surface area contributed by atoms with E-state index in [1.807, 2.05) is 38.1 Å². The Labute approximate surface area is 115 Å². The summed E-state index contributed by atoms with van der Waals surface area (Å²) in [6.07, 6.45) is 2.05. The van der Waals surface area contributed by atoms with Crippen molar-refractivity contribution in [2.24, 2.45) is 0 Å². The Morgan fingerprint density at radius 3 is 1.95 bits per heavy atom. The van der Waals surface area contributed by atoms with E-state index in [2.05, 4.69) is 6.92 Å². The van der Waals surface area contributed by atoms with Gasteiger partial charge in [-0.2, -0.15) is 0 Å². The van der Waals surface area contributed by atoms with Crippen molar-refractivity contribution in [1.82, 2.24) is 0 Å². The Bertz CT molecular complexity index is 480. The highest BCUT2D eigenvalue weighted by atomic mass is 16.3. The molecule has 0 unspecified atom stereocenters. The van der Waals surface area contributed by atoms with Gasteiger partial charge in [-0.25, -0.2) is 0 Å². The van der Waals surface area contributed by atoms with Crippen molar-refractivity contribution in [2.75, 3.05) is 0 Å². The molecule has 19 heavy (non-hydrogen) atoms. The van der Waals surface area contributed by atoms with E-state index in [1.165, 1.54) is 11.1 Å². The van der Waals surface area contributed by atoms with Crippen molar-refractivity contribution < 1.29 is 10.2 Å². The van der Waals surface area contributed by atoms with Crippen molar-refractivity contribution in [3.63, 3.8) is 0 Å². The Morgan fingerprint density at radius 1 is 0.842 bits per heavy atom. The Morgan fingerprint density at radius 2 is 1.42 bits per heavy atom. The van der Waals surface area contributed by atoms with Crippen LogP contribution in [-0.4, -0.2) is 10.2 Å². The van der Waals surface area contributed by atoms with Gasteiger partial charge >= 0.3 is 0 Å². The monoisotopic (exact) mass is 258 g/mol. The van der Waals surface area contributed by atoms with Crippen LogP contribution in [0.4, 0.5) is 0 Å². The minimum atomic E-state index is 0.329. The minimum Gasteiger partial charge on any atom is -0.508 e. The molecule has 2 aromatic rings. The highest BCUT2D eigenvalue weighted by Gasteiger charge is 1.98. The molecule has 0 spiro atoms. The Hall–Kier alpha value is -1.96. The van der Waals surface area contributed by atoms with E-state index in [1.54, 1.807) is 18.2 Å². The van der Waals surface area contributed by atoms with Crippen LogP contribution in [0.15, 0.2) is 42.5 Å². The van der Waals surface area contributed by atoms with Gasteiger partial charge in [0.05, 0.1) is 0 Å². The SMILES string of the molecule is CCCc1cc(C)ccc1O.Cc1ccc(O)cc1. The average Bonchev–Trinajstić information content (AvgIpc) is 2.39. The van der Waals surface area contributed by atoms with Crippen molar-refractivity contribution in [1.29, 1.82) is 0 Å². The minimum absolute atomic E-state index is 0.329. The third-order valence-electron chi connectivity index (χ3n) is 2.79. The van der Waals surface area contributed by atoms with Gasteiger partial charge in [0.1, 0.15) is 11.5 Å². The van der Waals surface area contributed by atoms with Crippen molar-refractivity contribution in [3.05, 3.63) is 59.2 Å². The van der Waals surface area contributed by atoms with E-state index >= 15 is 0 Å². The maximum atomic E-state index is 9.37. The van der Waals surface area contributed by atoms with Crippen LogP contribution < -0.4 is 0 Å². The van der Waals surface area contributed by atoms with Crippen molar-refractivity contribution in [3.8, 4) is 11.5 Å². The maximum absolute atomic E-state index is 9.37. The molecule has 0 heterocycles. The van der Waals surface area contributed by atoms with E-state index < -0.39 is 0 Å². The van der Waals surface area contributed by atoms with Gasteiger partial charge in [0, 0.05) is 0 Å². The van der Waals surface area contributed by atoms with E-state index in [-0.39, 0.29) is 0 Å². The molecule has 2 nitrogen and oxygen atoms in total. The second kappa shape index (κ2) is 7.47. The van der Waals surface area contributed by atoms with Crippen LogP contribution in [0.25, 0.3) is 0 Å². The van der Waals surface area contributed by atoms with Gasteiger partial charge in [0.15, 0.2) is 0 Å². The van der Waals surface area contributed by atoms with Crippen molar-refractivity contribution >= 4 is 0 Å². The summed E-state index contributed by atoms with van der Waals surface area (Å²) < 4.78 is 0. The number of rotatable bonds is 2. The Balaban J connectivity index is 0.000000200. The molecule has 2 heteroatoms. The van der Waals surface area contributed by atoms with E-state index in [9.17, 15) is 5.11 Å². The molecule has 102 valence electrons. The number of aryl methyl sites for hydroxylation is 3. The second-order valence-electron chi connectivity index (χ2n) is 4.72. The van der Waals surface area contributed by atoms with Crippen LogP contribution >= 0.6 is 0 Å². The fraction of sp³-hybridized carbons (Fsp3) is 0.294. The van der Waals surface area contributed by atoms with Gasteiger partial charge in [0.25, 0.3) is 0 Å². The molecule has 0 bridgehead atoms. The van der Waals surface area contributed by atoms with Crippen LogP contribution in [0.5, 0.6) is 11.5 Å². The Kier molecular flexibility index (Phi) is 5.94. The highest BCUT2D eigenvalue weighted by Crippen LogP contribution is 2.19. The lowest BCUT2D eigenvalue weighted by Crippen LogP contribution is -1.84. The zero-order valence-electron chi connectivity index (χ0n) is 11.9. The fourth-order valence-electron chi connectivity index (χ4n) is 1.73.